The lowest BCUT2D eigenvalue weighted by Crippen LogP contribution is -2.22. The lowest BCUT2D eigenvalue weighted by Gasteiger charge is -2.11. The second kappa shape index (κ2) is 9.53. The van der Waals surface area contributed by atoms with Gasteiger partial charge in [0, 0.05) is 41.0 Å². The molecule has 1 aromatic carbocycles. The van der Waals surface area contributed by atoms with Crippen LogP contribution in [0.2, 0.25) is 0 Å². The van der Waals surface area contributed by atoms with E-state index in [-0.39, 0.29) is 5.91 Å². The van der Waals surface area contributed by atoms with Crippen molar-refractivity contribution in [1.29, 1.82) is 0 Å². The van der Waals surface area contributed by atoms with Crippen molar-refractivity contribution in [1.82, 2.24) is 29.9 Å². The first-order valence-electron chi connectivity index (χ1n) is 11.0. The largest absolute Gasteiger partial charge is 0.467 e. The maximum absolute atomic E-state index is 12.6. The van der Waals surface area contributed by atoms with Crippen LogP contribution in [0, 0.1) is 0 Å². The van der Waals surface area contributed by atoms with E-state index in [1.54, 1.807) is 41.4 Å². The summed E-state index contributed by atoms with van der Waals surface area (Å²) in [6.45, 7) is 2.43. The monoisotopic (exact) mass is 453 g/mol. The van der Waals surface area contributed by atoms with Crippen LogP contribution in [-0.2, 0) is 13.0 Å². The van der Waals surface area contributed by atoms with Crippen molar-refractivity contribution in [2.45, 2.75) is 26.3 Å². The van der Waals surface area contributed by atoms with E-state index < -0.39 is 0 Å². The summed E-state index contributed by atoms with van der Waals surface area (Å²) in [5.74, 6) is 2.26. The molecule has 0 saturated carbocycles. The average Bonchev–Trinajstić information content (AvgIpc) is 3.54. The highest BCUT2D eigenvalue weighted by atomic mass is 16.3. The third kappa shape index (κ3) is 4.63. The Labute approximate surface area is 195 Å². The lowest BCUT2D eigenvalue weighted by molar-refractivity contribution is 0.0948. The maximum atomic E-state index is 12.6. The van der Waals surface area contributed by atoms with Crippen molar-refractivity contribution in [3.63, 3.8) is 0 Å². The van der Waals surface area contributed by atoms with E-state index >= 15 is 0 Å². The van der Waals surface area contributed by atoms with E-state index in [9.17, 15) is 4.79 Å². The molecule has 4 heterocycles. The molecule has 9 heteroatoms. The summed E-state index contributed by atoms with van der Waals surface area (Å²) >= 11 is 0. The third-order valence-electron chi connectivity index (χ3n) is 5.19. The Bertz CT molecular complexity index is 1410. The van der Waals surface area contributed by atoms with Crippen molar-refractivity contribution in [2.24, 2.45) is 0 Å². The molecule has 0 atom stereocenters. The number of nitrogens with zero attached hydrogens (tertiary/aromatic N) is 5. The quantitative estimate of drug-likeness (QED) is 0.358. The van der Waals surface area contributed by atoms with Crippen molar-refractivity contribution >= 4 is 23.2 Å². The number of anilines is 2. The molecular weight excluding hydrogens is 430 g/mol. The van der Waals surface area contributed by atoms with Crippen LogP contribution in [0.15, 0.2) is 77.7 Å². The molecule has 0 aliphatic heterocycles. The maximum Gasteiger partial charge on any atom is 0.254 e. The van der Waals surface area contributed by atoms with Crippen LogP contribution in [0.4, 0.5) is 11.5 Å². The van der Waals surface area contributed by atoms with Gasteiger partial charge in [-0.3, -0.25) is 9.78 Å². The van der Waals surface area contributed by atoms with Gasteiger partial charge in [0.05, 0.1) is 12.8 Å². The zero-order valence-corrected chi connectivity index (χ0v) is 18.6. The number of aromatic nitrogens is 5. The second-order valence-corrected chi connectivity index (χ2v) is 7.74. The molecule has 0 bridgehead atoms. The Morgan fingerprint density at radius 2 is 2.03 bits per heavy atom. The van der Waals surface area contributed by atoms with E-state index in [1.807, 2.05) is 36.4 Å². The molecule has 0 aliphatic rings. The number of fused-ring (bicyclic) bond motifs is 1. The Balaban J connectivity index is 1.44. The number of carbonyl (C=O) groups is 1. The fraction of sp³-hybridized carbons (Fsp3) is 0.160. The van der Waals surface area contributed by atoms with Crippen molar-refractivity contribution < 1.29 is 9.21 Å². The van der Waals surface area contributed by atoms with Gasteiger partial charge in [0.2, 0.25) is 0 Å². The van der Waals surface area contributed by atoms with Gasteiger partial charge in [-0.15, -0.1) is 5.10 Å². The van der Waals surface area contributed by atoms with Gasteiger partial charge in [-0.25, -0.2) is 4.98 Å². The van der Waals surface area contributed by atoms with Gasteiger partial charge in [0.1, 0.15) is 11.6 Å². The number of benzene rings is 1. The van der Waals surface area contributed by atoms with Crippen molar-refractivity contribution in [2.75, 3.05) is 5.32 Å². The normalized spacial score (nSPS) is 11.0. The first kappa shape index (κ1) is 21.3. The first-order chi connectivity index (χ1) is 16.7. The third-order valence-corrected chi connectivity index (χ3v) is 5.19. The fourth-order valence-corrected chi connectivity index (χ4v) is 3.58. The zero-order valence-electron chi connectivity index (χ0n) is 18.6. The summed E-state index contributed by atoms with van der Waals surface area (Å²) in [5.41, 5.74) is 3.01. The number of furan rings is 1. The van der Waals surface area contributed by atoms with Gasteiger partial charge >= 0.3 is 0 Å². The summed E-state index contributed by atoms with van der Waals surface area (Å²) in [4.78, 5) is 26.1. The first-order valence-corrected chi connectivity index (χ1v) is 11.0. The number of carbonyl (C=O) groups excluding carboxylic acids is 1. The fourth-order valence-electron chi connectivity index (χ4n) is 3.58. The number of nitrogens with one attached hydrogen (secondary N) is 2. The Morgan fingerprint density at radius 1 is 1.09 bits per heavy atom. The SMILES string of the molecule is CCCc1cc(Nc2cccc(C(=O)NCc3ccco3)c2)n2nc(-c3cccnc3)nc2n1. The molecule has 0 saturated heterocycles. The highest BCUT2D eigenvalue weighted by Gasteiger charge is 2.14. The van der Waals surface area contributed by atoms with E-state index in [2.05, 4.69) is 37.6 Å². The van der Waals surface area contributed by atoms with Crippen LogP contribution < -0.4 is 10.6 Å². The van der Waals surface area contributed by atoms with E-state index in [0.29, 0.717) is 35.3 Å². The molecule has 0 spiro atoms. The molecule has 4 aromatic heterocycles. The summed E-state index contributed by atoms with van der Waals surface area (Å²) in [6.07, 6.45) is 6.78. The summed E-state index contributed by atoms with van der Waals surface area (Å²) in [6, 6.07) is 16.6. The number of hydrogen-bond acceptors (Lipinski definition) is 7. The topological polar surface area (TPSA) is 110 Å². The standard InChI is InChI=1S/C25H23N7O2/c1-2-6-19-14-22(32-25(29-19)30-23(31-32)18-8-4-11-26-15-18)28-20-9-3-7-17(13-20)24(33)27-16-21-10-5-12-34-21/h3-5,7-15,28H,2,6,16H2,1H3,(H,27,33). The molecule has 0 radical (unpaired) electrons. The van der Waals surface area contributed by atoms with Gasteiger partial charge < -0.3 is 15.1 Å². The predicted octanol–water partition coefficient (Wildman–Crippen LogP) is 4.41. The van der Waals surface area contributed by atoms with Crippen molar-refractivity contribution in [3.05, 3.63) is 90.3 Å². The van der Waals surface area contributed by atoms with Gasteiger partial charge in [-0.1, -0.05) is 19.4 Å². The molecule has 170 valence electrons. The van der Waals surface area contributed by atoms with Gasteiger partial charge in [0.25, 0.3) is 11.7 Å². The van der Waals surface area contributed by atoms with Gasteiger partial charge in [-0.05, 0) is 48.9 Å². The minimum Gasteiger partial charge on any atom is -0.467 e. The molecule has 34 heavy (non-hydrogen) atoms. The number of aryl methyl sites for hydroxylation is 1. The Morgan fingerprint density at radius 3 is 2.82 bits per heavy atom. The smallest absolute Gasteiger partial charge is 0.254 e. The van der Waals surface area contributed by atoms with Gasteiger partial charge in [-0.2, -0.15) is 9.50 Å². The molecule has 0 aliphatic carbocycles. The van der Waals surface area contributed by atoms with Crippen LogP contribution in [0.3, 0.4) is 0 Å². The minimum absolute atomic E-state index is 0.189. The highest BCUT2D eigenvalue weighted by Crippen LogP contribution is 2.22. The molecule has 5 aromatic rings. The van der Waals surface area contributed by atoms with Crippen LogP contribution in [0.1, 0.15) is 35.2 Å². The number of pyridine rings is 1. The number of amides is 1. The van der Waals surface area contributed by atoms with Crippen molar-refractivity contribution in [3.8, 4) is 11.4 Å². The number of hydrogen-bond donors (Lipinski definition) is 2. The molecule has 1 amide bonds. The Kier molecular flexibility index (Phi) is 5.98. The molecule has 2 N–H and O–H groups in total. The molecule has 5 rings (SSSR count). The predicted molar refractivity (Wildman–Crippen MR) is 128 cm³/mol. The zero-order chi connectivity index (χ0) is 23.3. The van der Waals surface area contributed by atoms with Crippen LogP contribution in [0.25, 0.3) is 17.2 Å². The lowest BCUT2D eigenvalue weighted by atomic mass is 10.2. The molecular formula is C25H23N7O2. The van der Waals surface area contributed by atoms with E-state index in [1.165, 1.54) is 0 Å². The van der Waals surface area contributed by atoms with E-state index in [0.717, 1.165) is 29.8 Å². The number of rotatable bonds is 8. The molecule has 0 unspecified atom stereocenters. The molecule has 0 fully saturated rings. The summed E-state index contributed by atoms with van der Waals surface area (Å²) in [5, 5.41) is 10.9. The second-order valence-electron chi connectivity index (χ2n) is 7.74. The minimum atomic E-state index is -0.189. The molecule has 9 nitrogen and oxygen atoms in total. The van der Waals surface area contributed by atoms with Crippen LogP contribution in [-0.4, -0.2) is 30.5 Å². The van der Waals surface area contributed by atoms with Crippen LogP contribution in [0.5, 0.6) is 0 Å². The summed E-state index contributed by atoms with van der Waals surface area (Å²) < 4.78 is 6.95. The highest BCUT2D eigenvalue weighted by molar-refractivity contribution is 5.95. The summed E-state index contributed by atoms with van der Waals surface area (Å²) in [7, 11) is 0. The Hall–Kier alpha value is -4.53. The van der Waals surface area contributed by atoms with Crippen LogP contribution >= 0.6 is 0 Å². The average molecular weight is 454 g/mol. The van der Waals surface area contributed by atoms with Gasteiger partial charge in [0.15, 0.2) is 5.82 Å². The van der Waals surface area contributed by atoms with E-state index in [4.69, 9.17) is 4.42 Å².